The van der Waals surface area contributed by atoms with Crippen LogP contribution in [0, 0.1) is 6.92 Å². The standard InChI is InChI=1S/C45H47NO4/c1-6-21-44(22-7-2)40-29-35(48-5)17-19-37(40)41-39-28-30(3)8-18-36(39)43-38(42(41)44)20-23-45(50-43,32-11-15-34(47-4)16-12-32)31-9-13-33(14-10-31)46-24-26-49-27-25-46/h8-20,23,28-29H,6-7,21-22,24-27H2,1-5H3. The van der Waals surface area contributed by atoms with Gasteiger partial charge < -0.3 is 23.8 Å². The van der Waals surface area contributed by atoms with E-state index < -0.39 is 5.60 Å². The van der Waals surface area contributed by atoms with E-state index in [1.165, 1.54) is 44.5 Å². The summed E-state index contributed by atoms with van der Waals surface area (Å²) >= 11 is 0. The number of fused-ring (bicyclic) bond motifs is 8. The van der Waals surface area contributed by atoms with Crippen LogP contribution in [0.15, 0.2) is 91.0 Å². The molecule has 0 saturated carbocycles. The zero-order valence-corrected chi connectivity index (χ0v) is 30.0. The molecule has 1 atom stereocenters. The van der Waals surface area contributed by atoms with Gasteiger partial charge in [0.1, 0.15) is 17.2 Å². The summed E-state index contributed by atoms with van der Waals surface area (Å²) in [6.45, 7) is 10.1. The van der Waals surface area contributed by atoms with E-state index in [0.717, 1.165) is 85.7 Å². The summed E-state index contributed by atoms with van der Waals surface area (Å²) in [5.74, 6) is 2.68. The summed E-state index contributed by atoms with van der Waals surface area (Å²) in [7, 11) is 3.48. The molecule has 0 N–H and O–H groups in total. The Hall–Kier alpha value is -4.74. The van der Waals surface area contributed by atoms with Crippen molar-refractivity contribution in [2.45, 2.75) is 57.5 Å². The highest BCUT2D eigenvalue weighted by Gasteiger charge is 2.48. The molecule has 1 aliphatic carbocycles. The summed E-state index contributed by atoms with van der Waals surface area (Å²) in [5.41, 5.74) is 10.2. The number of methoxy groups -OCH3 is 2. The molecule has 8 rings (SSSR count). The molecule has 5 nitrogen and oxygen atoms in total. The summed E-state index contributed by atoms with van der Waals surface area (Å²) in [6.07, 6.45) is 8.93. The predicted molar refractivity (Wildman–Crippen MR) is 204 cm³/mol. The molecule has 0 radical (unpaired) electrons. The molecule has 2 heterocycles. The molecule has 1 fully saturated rings. The van der Waals surface area contributed by atoms with Crippen LogP contribution in [0.5, 0.6) is 17.2 Å². The van der Waals surface area contributed by atoms with Gasteiger partial charge in [0.2, 0.25) is 0 Å². The first-order chi connectivity index (χ1) is 24.5. The lowest BCUT2D eigenvalue weighted by molar-refractivity contribution is 0.122. The van der Waals surface area contributed by atoms with Crippen LogP contribution >= 0.6 is 0 Å². The van der Waals surface area contributed by atoms with E-state index in [1.807, 2.05) is 12.1 Å². The van der Waals surface area contributed by atoms with Gasteiger partial charge in [-0.15, -0.1) is 0 Å². The SMILES string of the molecule is CCCC1(CCC)c2cc(OC)ccc2-c2c1c1c(c3ccc(C)cc23)OC(c2ccc(OC)cc2)(c2ccc(N3CCOCC3)cc2)C=C1. The predicted octanol–water partition coefficient (Wildman–Crippen LogP) is 10.2. The zero-order valence-electron chi connectivity index (χ0n) is 30.0. The van der Waals surface area contributed by atoms with Crippen molar-refractivity contribution in [3.63, 3.8) is 0 Å². The van der Waals surface area contributed by atoms with Crippen molar-refractivity contribution in [3.05, 3.63) is 124 Å². The Morgan fingerprint density at radius 2 is 1.40 bits per heavy atom. The Kier molecular flexibility index (Phi) is 8.35. The summed E-state index contributed by atoms with van der Waals surface area (Å²) in [5, 5.41) is 2.39. The second kappa shape index (κ2) is 12.9. The third-order valence-corrected chi connectivity index (χ3v) is 11.2. The minimum atomic E-state index is -0.846. The first-order valence-electron chi connectivity index (χ1n) is 18.2. The van der Waals surface area contributed by atoms with E-state index in [0.29, 0.717) is 0 Å². The van der Waals surface area contributed by atoms with Crippen LogP contribution in [0.4, 0.5) is 5.69 Å². The third-order valence-electron chi connectivity index (χ3n) is 11.2. The maximum atomic E-state index is 7.64. The lowest BCUT2D eigenvalue weighted by Crippen LogP contribution is -2.37. The zero-order chi connectivity index (χ0) is 34.5. The second-order valence-corrected chi connectivity index (χ2v) is 14.1. The van der Waals surface area contributed by atoms with Gasteiger partial charge in [0.15, 0.2) is 5.60 Å². The molecule has 1 saturated heterocycles. The molecule has 0 aromatic heterocycles. The lowest BCUT2D eigenvalue weighted by atomic mass is 9.69. The Bertz CT molecular complexity index is 2070. The average Bonchev–Trinajstić information content (AvgIpc) is 3.44. The Morgan fingerprint density at radius 1 is 0.740 bits per heavy atom. The molecule has 5 heteroatoms. The van der Waals surface area contributed by atoms with Crippen LogP contribution in [0.1, 0.15) is 72.9 Å². The van der Waals surface area contributed by atoms with Gasteiger partial charge in [0, 0.05) is 46.3 Å². The molecular weight excluding hydrogens is 618 g/mol. The molecule has 5 aromatic rings. The van der Waals surface area contributed by atoms with Crippen LogP contribution in [-0.4, -0.2) is 40.5 Å². The Balaban J connectivity index is 1.39. The monoisotopic (exact) mass is 665 g/mol. The molecule has 2 aliphatic heterocycles. The molecule has 0 bridgehead atoms. The van der Waals surface area contributed by atoms with Gasteiger partial charge in [-0.1, -0.05) is 86.9 Å². The normalized spacial score (nSPS) is 18.7. The topological polar surface area (TPSA) is 40.2 Å². The Morgan fingerprint density at radius 3 is 2.06 bits per heavy atom. The van der Waals surface area contributed by atoms with Crippen molar-refractivity contribution >= 4 is 22.5 Å². The Labute approximate surface area is 296 Å². The molecule has 50 heavy (non-hydrogen) atoms. The number of aryl methyl sites for hydroxylation is 1. The van der Waals surface area contributed by atoms with Gasteiger partial charge in [-0.25, -0.2) is 0 Å². The maximum absolute atomic E-state index is 7.64. The number of rotatable bonds is 9. The smallest absolute Gasteiger partial charge is 0.178 e. The average molecular weight is 666 g/mol. The summed E-state index contributed by atoms with van der Waals surface area (Å²) in [6, 6.07) is 30.9. The summed E-state index contributed by atoms with van der Waals surface area (Å²) < 4.78 is 24.7. The molecule has 0 amide bonds. The maximum Gasteiger partial charge on any atom is 0.178 e. The number of hydrogen-bond acceptors (Lipinski definition) is 5. The fraction of sp³-hybridized carbons (Fsp3) is 0.333. The van der Waals surface area contributed by atoms with Gasteiger partial charge in [-0.3, -0.25) is 0 Å². The number of ether oxygens (including phenoxy) is 4. The molecule has 0 spiro atoms. The highest BCUT2D eigenvalue weighted by Crippen LogP contribution is 2.61. The number of hydrogen-bond donors (Lipinski definition) is 0. The lowest BCUT2D eigenvalue weighted by Gasteiger charge is -2.40. The van der Waals surface area contributed by atoms with E-state index in [-0.39, 0.29) is 5.41 Å². The minimum Gasteiger partial charge on any atom is -0.497 e. The number of anilines is 1. The van der Waals surface area contributed by atoms with Crippen molar-refractivity contribution in [1.82, 2.24) is 0 Å². The van der Waals surface area contributed by atoms with Crippen LogP contribution in [0.25, 0.3) is 28.0 Å². The number of morpholine rings is 1. The molecule has 1 unspecified atom stereocenters. The third kappa shape index (κ3) is 5.00. The molecule has 256 valence electrons. The molecule has 3 aliphatic rings. The van der Waals surface area contributed by atoms with Crippen LogP contribution in [0.2, 0.25) is 0 Å². The second-order valence-electron chi connectivity index (χ2n) is 14.1. The van der Waals surface area contributed by atoms with E-state index in [9.17, 15) is 0 Å². The van der Waals surface area contributed by atoms with Crippen LogP contribution in [-0.2, 0) is 15.8 Å². The van der Waals surface area contributed by atoms with Crippen molar-refractivity contribution in [3.8, 4) is 28.4 Å². The van der Waals surface area contributed by atoms with E-state index in [1.54, 1.807) is 14.2 Å². The van der Waals surface area contributed by atoms with Crippen LogP contribution < -0.4 is 19.1 Å². The van der Waals surface area contributed by atoms with E-state index in [2.05, 4.69) is 111 Å². The van der Waals surface area contributed by atoms with Crippen molar-refractivity contribution in [2.75, 3.05) is 45.4 Å². The highest BCUT2D eigenvalue weighted by atomic mass is 16.5. The largest absolute Gasteiger partial charge is 0.497 e. The first-order valence-corrected chi connectivity index (χ1v) is 18.2. The van der Waals surface area contributed by atoms with E-state index >= 15 is 0 Å². The fourth-order valence-corrected chi connectivity index (χ4v) is 8.99. The van der Waals surface area contributed by atoms with Crippen molar-refractivity contribution < 1.29 is 18.9 Å². The van der Waals surface area contributed by atoms with Gasteiger partial charge >= 0.3 is 0 Å². The number of benzene rings is 5. The van der Waals surface area contributed by atoms with Gasteiger partial charge in [0.25, 0.3) is 0 Å². The van der Waals surface area contributed by atoms with Crippen molar-refractivity contribution in [1.29, 1.82) is 0 Å². The minimum absolute atomic E-state index is 0.154. The number of nitrogens with zero attached hydrogens (tertiary/aromatic N) is 1. The molecule has 5 aromatic carbocycles. The highest BCUT2D eigenvalue weighted by molar-refractivity contribution is 6.09. The fourth-order valence-electron chi connectivity index (χ4n) is 8.99. The molecular formula is C45H47NO4. The van der Waals surface area contributed by atoms with Gasteiger partial charge in [0.05, 0.1) is 27.4 Å². The van der Waals surface area contributed by atoms with Gasteiger partial charge in [-0.2, -0.15) is 0 Å². The van der Waals surface area contributed by atoms with Crippen molar-refractivity contribution in [2.24, 2.45) is 0 Å². The first kappa shape index (κ1) is 32.5. The van der Waals surface area contributed by atoms with E-state index in [4.69, 9.17) is 18.9 Å². The van der Waals surface area contributed by atoms with Gasteiger partial charge in [-0.05, 0) is 89.9 Å². The van der Waals surface area contributed by atoms with Crippen LogP contribution in [0.3, 0.4) is 0 Å². The quantitative estimate of drug-likeness (QED) is 0.157. The summed E-state index contributed by atoms with van der Waals surface area (Å²) in [4.78, 5) is 2.40.